The number of carboxylic acid groups (broad SMARTS) is 1. The second kappa shape index (κ2) is 6.60. The summed E-state index contributed by atoms with van der Waals surface area (Å²) >= 11 is 0. The van der Waals surface area contributed by atoms with E-state index in [4.69, 9.17) is 10.2 Å². The summed E-state index contributed by atoms with van der Waals surface area (Å²) < 4.78 is 32.3. The number of aliphatic carboxylic acids is 1. The van der Waals surface area contributed by atoms with E-state index < -0.39 is 61.3 Å². The van der Waals surface area contributed by atoms with Gasteiger partial charge in [0.05, 0.1) is 24.9 Å². The first-order chi connectivity index (χ1) is 9.63. The van der Waals surface area contributed by atoms with Crippen LogP contribution in [0.4, 0.5) is 8.78 Å². The van der Waals surface area contributed by atoms with Crippen LogP contribution in [0.1, 0.15) is 13.3 Å². The number of amides is 1. The quantitative estimate of drug-likeness (QED) is 0.399. The number of aliphatic hydroxyl groups is 3. The lowest BCUT2D eigenvalue weighted by molar-refractivity contribution is -0.278. The van der Waals surface area contributed by atoms with E-state index in [0.717, 1.165) is 6.92 Å². The molecule has 0 bridgehead atoms. The average molecular weight is 313 g/mol. The highest BCUT2D eigenvalue weighted by atomic mass is 19.2. The molecule has 1 aliphatic heterocycles. The first kappa shape index (κ1) is 17.7. The highest BCUT2D eigenvalue weighted by molar-refractivity contribution is 5.77. The molecule has 0 radical (unpaired) electrons. The first-order valence-electron chi connectivity index (χ1n) is 6.11. The van der Waals surface area contributed by atoms with Gasteiger partial charge < -0.3 is 30.5 Å². The third-order valence-electron chi connectivity index (χ3n) is 3.12. The van der Waals surface area contributed by atoms with E-state index in [1.807, 2.05) is 0 Å². The Hall–Kier alpha value is -1.36. The Labute approximate surface area is 118 Å². The molecule has 1 amide bonds. The van der Waals surface area contributed by atoms with Gasteiger partial charge in [-0.15, -0.1) is 0 Å². The van der Waals surface area contributed by atoms with E-state index in [2.05, 4.69) is 10.1 Å². The molecule has 1 fully saturated rings. The summed E-state index contributed by atoms with van der Waals surface area (Å²) in [5.41, 5.74) is 0. The number of hydrogen-bond acceptors (Lipinski definition) is 6. The van der Waals surface area contributed by atoms with Gasteiger partial charge in [-0.25, -0.2) is 9.18 Å². The first-order valence-corrected chi connectivity index (χ1v) is 6.11. The van der Waals surface area contributed by atoms with Crippen LogP contribution >= 0.6 is 0 Å². The number of aliphatic hydroxyl groups excluding tert-OH is 3. The molecule has 10 heteroatoms. The molecule has 1 aliphatic rings. The maximum atomic E-state index is 14.0. The topological polar surface area (TPSA) is 136 Å². The Morgan fingerprint density at radius 1 is 1.48 bits per heavy atom. The fourth-order valence-corrected chi connectivity index (χ4v) is 2.10. The lowest BCUT2D eigenvalue weighted by Gasteiger charge is -2.43. The number of alkyl halides is 2. The molecule has 0 aromatic rings. The SMILES string of the molecule is CC(=O)NC1C(C[C@H](O)CO)OC(F)(C(=O)O)[C@@H](F)C1O. The normalized spacial score (nSPS) is 37.8. The number of carboxylic acids is 1. The van der Waals surface area contributed by atoms with Gasteiger partial charge in [0.1, 0.15) is 6.10 Å². The van der Waals surface area contributed by atoms with Crippen molar-refractivity contribution in [3.05, 3.63) is 0 Å². The maximum absolute atomic E-state index is 14.0. The van der Waals surface area contributed by atoms with Crippen LogP contribution in [0, 0.1) is 0 Å². The molecule has 1 heterocycles. The number of halogens is 2. The number of nitrogens with one attached hydrogen (secondary N) is 1. The smallest absolute Gasteiger partial charge is 0.372 e. The second-order valence-electron chi connectivity index (χ2n) is 4.80. The van der Waals surface area contributed by atoms with Crippen LogP contribution in [0.25, 0.3) is 0 Å². The van der Waals surface area contributed by atoms with Crippen molar-refractivity contribution < 1.29 is 43.5 Å². The van der Waals surface area contributed by atoms with Gasteiger partial charge in [0.25, 0.3) is 0 Å². The van der Waals surface area contributed by atoms with Crippen molar-refractivity contribution in [2.75, 3.05) is 6.61 Å². The van der Waals surface area contributed by atoms with Crippen molar-refractivity contribution in [2.24, 2.45) is 0 Å². The van der Waals surface area contributed by atoms with E-state index in [9.17, 15) is 28.6 Å². The van der Waals surface area contributed by atoms with Crippen molar-refractivity contribution in [2.45, 2.75) is 49.7 Å². The molecule has 5 N–H and O–H groups in total. The van der Waals surface area contributed by atoms with Crippen molar-refractivity contribution >= 4 is 11.9 Å². The van der Waals surface area contributed by atoms with Gasteiger partial charge in [0.2, 0.25) is 5.91 Å². The molecule has 21 heavy (non-hydrogen) atoms. The van der Waals surface area contributed by atoms with Crippen LogP contribution in [0.3, 0.4) is 0 Å². The minimum atomic E-state index is -3.81. The fraction of sp³-hybridized carbons (Fsp3) is 0.818. The predicted octanol–water partition coefficient (Wildman–Crippen LogP) is -1.92. The number of rotatable bonds is 5. The average Bonchev–Trinajstić information content (AvgIpc) is 2.40. The third kappa shape index (κ3) is 3.64. The third-order valence-corrected chi connectivity index (χ3v) is 3.12. The molecule has 0 aromatic heterocycles. The number of hydrogen-bond donors (Lipinski definition) is 5. The molecule has 4 unspecified atom stereocenters. The Morgan fingerprint density at radius 2 is 2.05 bits per heavy atom. The van der Waals surface area contributed by atoms with Crippen LogP contribution < -0.4 is 5.32 Å². The van der Waals surface area contributed by atoms with Gasteiger partial charge in [-0.3, -0.25) is 4.79 Å². The van der Waals surface area contributed by atoms with Gasteiger partial charge in [-0.05, 0) is 0 Å². The molecule has 0 aromatic carbocycles. The van der Waals surface area contributed by atoms with Crippen molar-refractivity contribution in [3.63, 3.8) is 0 Å². The Bertz CT molecular complexity index is 410. The summed E-state index contributed by atoms with van der Waals surface area (Å²) in [7, 11) is 0. The van der Waals surface area contributed by atoms with Crippen LogP contribution in [0.15, 0.2) is 0 Å². The van der Waals surface area contributed by atoms with E-state index in [0.29, 0.717) is 0 Å². The second-order valence-corrected chi connectivity index (χ2v) is 4.80. The summed E-state index contributed by atoms with van der Waals surface area (Å²) in [4.78, 5) is 21.8. The number of carbonyl (C=O) groups is 2. The van der Waals surface area contributed by atoms with Crippen LogP contribution in [0.5, 0.6) is 0 Å². The highest BCUT2D eigenvalue weighted by Crippen LogP contribution is 2.35. The van der Waals surface area contributed by atoms with Crippen LogP contribution in [-0.4, -0.2) is 75.3 Å². The molecular formula is C11H17F2NO7. The molecule has 0 aliphatic carbocycles. The Balaban J connectivity index is 3.06. The molecule has 0 spiro atoms. The molecule has 122 valence electrons. The van der Waals surface area contributed by atoms with E-state index in [1.54, 1.807) is 0 Å². The summed E-state index contributed by atoms with van der Waals surface area (Å²) in [6, 6.07) is -1.47. The number of carbonyl (C=O) groups excluding carboxylic acids is 1. The van der Waals surface area contributed by atoms with Gasteiger partial charge in [-0.2, -0.15) is 4.39 Å². The van der Waals surface area contributed by atoms with Crippen molar-refractivity contribution in [3.8, 4) is 0 Å². The molecule has 6 atom stereocenters. The van der Waals surface area contributed by atoms with Crippen molar-refractivity contribution in [1.82, 2.24) is 5.32 Å². The summed E-state index contributed by atoms with van der Waals surface area (Å²) in [6.07, 6.45) is -8.61. The Morgan fingerprint density at radius 3 is 2.48 bits per heavy atom. The summed E-state index contributed by atoms with van der Waals surface area (Å²) in [5, 5.41) is 38.6. The van der Waals surface area contributed by atoms with E-state index in [1.165, 1.54) is 0 Å². The van der Waals surface area contributed by atoms with E-state index >= 15 is 0 Å². The zero-order chi connectivity index (χ0) is 16.4. The lowest BCUT2D eigenvalue weighted by atomic mass is 9.89. The maximum Gasteiger partial charge on any atom is 0.372 e. The molecule has 1 rings (SSSR count). The fourth-order valence-electron chi connectivity index (χ4n) is 2.10. The van der Waals surface area contributed by atoms with Gasteiger partial charge in [0.15, 0.2) is 6.17 Å². The summed E-state index contributed by atoms with van der Waals surface area (Å²) in [5.74, 6) is -6.78. The minimum Gasteiger partial charge on any atom is -0.477 e. The monoisotopic (exact) mass is 313 g/mol. The molecule has 0 saturated carbocycles. The molecule has 1 saturated heterocycles. The Kier molecular flexibility index (Phi) is 5.56. The standard InChI is InChI=1S/C11H17F2NO7/c1-4(16)14-7-6(2-5(17)3-15)21-11(13,10(19)20)9(12)8(7)18/h5-9,15,17-18H,2-3H2,1H3,(H,14,16)(H,19,20)/t5-,6?,7?,8?,9-,11?/m0/s1. The van der Waals surface area contributed by atoms with Crippen LogP contribution in [0.2, 0.25) is 0 Å². The zero-order valence-electron chi connectivity index (χ0n) is 11.1. The highest BCUT2D eigenvalue weighted by Gasteiger charge is 2.61. The van der Waals surface area contributed by atoms with Crippen molar-refractivity contribution in [1.29, 1.82) is 0 Å². The largest absolute Gasteiger partial charge is 0.477 e. The zero-order valence-corrected chi connectivity index (χ0v) is 11.1. The minimum absolute atomic E-state index is 0.510. The lowest BCUT2D eigenvalue weighted by Crippen LogP contribution is -2.68. The molecular weight excluding hydrogens is 296 g/mol. The number of ether oxygens (including phenoxy) is 1. The predicted molar refractivity (Wildman–Crippen MR) is 62.6 cm³/mol. The van der Waals surface area contributed by atoms with Gasteiger partial charge >= 0.3 is 11.8 Å². The van der Waals surface area contributed by atoms with Gasteiger partial charge in [0, 0.05) is 13.3 Å². The van der Waals surface area contributed by atoms with Crippen LogP contribution in [-0.2, 0) is 14.3 Å². The van der Waals surface area contributed by atoms with E-state index in [-0.39, 0.29) is 0 Å². The van der Waals surface area contributed by atoms with Gasteiger partial charge in [-0.1, -0.05) is 0 Å². The molecule has 8 nitrogen and oxygen atoms in total. The summed E-state index contributed by atoms with van der Waals surface area (Å²) in [6.45, 7) is 0.308.